The number of nitrogens with one attached hydrogen (secondary N) is 1. The molecule has 5 heteroatoms. The number of thioether (sulfide) groups is 1. The SMILES string of the molecule is CCCCCNCC(C)Sc1nnc2ccccn12. The Kier molecular flexibility index (Phi) is 5.66. The molecule has 2 aromatic heterocycles. The monoisotopic (exact) mass is 278 g/mol. The number of rotatable bonds is 8. The summed E-state index contributed by atoms with van der Waals surface area (Å²) in [4.78, 5) is 0. The van der Waals surface area contributed by atoms with Gasteiger partial charge in [0.1, 0.15) is 0 Å². The first-order chi connectivity index (χ1) is 9.31. The zero-order valence-corrected chi connectivity index (χ0v) is 12.5. The van der Waals surface area contributed by atoms with Gasteiger partial charge in [-0.3, -0.25) is 4.40 Å². The van der Waals surface area contributed by atoms with Gasteiger partial charge in [-0.2, -0.15) is 0 Å². The molecule has 19 heavy (non-hydrogen) atoms. The van der Waals surface area contributed by atoms with Crippen LogP contribution in [-0.2, 0) is 0 Å². The van der Waals surface area contributed by atoms with Crippen LogP contribution in [0.15, 0.2) is 29.6 Å². The van der Waals surface area contributed by atoms with Crippen LogP contribution >= 0.6 is 11.8 Å². The van der Waals surface area contributed by atoms with Crippen molar-refractivity contribution in [3.63, 3.8) is 0 Å². The highest BCUT2D eigenvalue weighted by atomic mass is 32.2. The number of fused-ring (bicyclic) bond motifs is 1. The van der Waals surface area contributed by atoms with Crippen molar-refractivity contribution in [2.75, 3.05) is 13.1 Å². The number of hydrogen-bond donors (Lipinski definition) is 1. The highest BCUT2D eigenvalue weighted by Crippen LogP contribution is 2.21. The van der Waals surface area contributed by atoms with Crippen molar-refractivity contribution in [2.24, 2.45) is 0 Å². The summed E-state index contributed by atoms with van der Waals surface area (Å²) < 4.78 is 2.04. The normalized spacial score (nSPS) is 12.9. The molecule has 4 nitrogen and oxygen atoms in total. The molecule has 0 spiro atoms. The van der Waals surface area contributed by atoms with Crippen molar-refractivity contribution in [2.45, 2.75) is 43.5 Å². The molecule has 0 amide bonds. The summed E-state index contributed by atoms with van der Waals surface area (Å²) in [7, 11) is 0. The first kappa shape index (κ1) is 14.3. The quantitative estimate of drug-likeness (QED) is 0.595. The summed E-state index contributed by atoms with van der Waals surface area (Å²) in [6, 6.07) is 5.97. The Hall–Kier alpha value is -1.07. The summed E-state index contributed by atoms with van der Waals surface area (Å²) in [5.41, 5.74) is 0.910. The van der Waals surface area contributed by atoms with Gasteiger partial charge >= 0.3 is 0 Å². The molecule has 0 saturated carbocycles. The van der Waals surface area contributed by atoms with Crippen molar-refractivity contribution >= 4 is 17.4 Å². The first-order valence-corrected chi connectivity index (χ1v) is 7.86. The highest BCUT2D eigenvalue weighted by molar-refractivity contribution is 7.99. The molecule has 0 aliphatic rings. The minimum atomic E-state index is 0.495. The van der Waals surface area contributed by atoms with Crippen LogP contribution in [0.2, 0.25) is 0 Å². The third kappa shape index (κ3) is 4.21. The van der Waals surface area contributed by atoms with E-state index in [0.717, 1.165) is 23.9 Å². The van der Waals surface area contributed by atoms with E-state index < -0.39 is 0 Å². The van der Waals surface area contributed by atoms with E-state index in [1.165, 1.54) is 19.3 Å². The van der Waals surface area contributed by atoms with E-state index in [0.29, 0.717) is 5.25 Å². The Balaban J connectivity index is 1.80. The largest absolute Gasteiger partial charge is 0.316 e. The number of hydrogen-bond acceptors (Lipinski definition) is 4. The zero-order chi connectivity index (χ0) is 13.5. The average Bonchev–Trinajstić information content (AvgIpc) is 2.82. The first-order valence-electron chi connectivity index (χ1n) is 6.98. The minimum absolute atomic E-state index is 0.495. The standard InChI is InChI=1S/C14H22N4S/c1-3-4-6-9-15-11-12(2)19-14-17-16-13-8-5-7-10-18(13)14/h5,7-8,10,12,15H,3-4,6,9,11H2,1-2H3. The van der Waals surface area contributed by atoms with Gasteiger partial charge in [0.15, 0.2) is 10.8 Å². The molecule has 1 atom stereocenters. The van der Waals surface area contributed by atoms with Gasteiger partial charge < -0.3 is 5.32 Å². The lowest BCUT2D eigenvalue weighted by molar-refractivity contribution is 0.615. The van der Waals surface area contributed by atoms with E-state index >= 15 is 0 Å². The summed E-state index contributed by atoms with van der Waals surface area (Å²) in [5, 5.41) is 13.4. The van der Waals surface area contributed by atoms with Crippen LogP contribution < -0.4 is 5.32 Å². The zero-order valence-electron chi connectivity index (χ0n) is 11.7. The van der Waals surface area contributed by atoms with Gasteiger partial charge in [-0.1, -0.05) is 44.5 Å². The third-order valence-corrected chi connectivity index (χ3v) is 4.04. The second-order valence-corrected chi connectivity index (χ2v) is 6.16. The van der Waals surface area contributed by atoms with Gasteiger partial charge in [-0.15, -0.1) is 10.2 Å². The maximum absolute atomic E-state index is 4.24. The molecular weight excluding hydrogens is 256 g/mol. The number of aromatic nitrogens is 3. The van der Waals surface area contributed by atoms with E-state index in [1.54, 1.807) is 11.8 Å². The van der Waals surface area contributed by atoms with E-state index in [4.69, 9.17) is 0 Å². The highest BCUT2D eigenvalue weighted by Gasteiger charge is 2.10. The maximum Gasteiger partial charge on any atom is 0.195 e. The summed E-state index contributed by atoms with van der Waals surface area (Å²) >= 11 is 1.77. The Morgan fingerprint density at radius 1 is 1.32 bits per heavy atom. The number of nitrogens with zero attached hydrogens (tertiary/aromatic N) is 3. The van der Waals surface area contributed by atoms with Crippen molar-refractivity contribution in [3.05, 3.63) is 24.4 Å². The Bertz CT molecular complexity index is 497. The topological polar surface area (TPSA) is 42.2 Å². The molecule has 2 heterocycles. The van der Waals surface area contributed by atoms with Crippen molar-refractivity contribution in [3.8, 4) is 0 Å². The Morgan fingerprint density at radius 3 is 3.05 bits per heavy atom. The van der Waals surface area contributed by atoms with Crippen LogP contribution in [0.3, 0.4) is 0 Å². The Labute approximate surface area is 119 Å². The predicted molar refractivity (Wildman–Crippen MR) is 80.7 cm³/mol. The second kappa shape index (κ2) is 7.50. The molecule has 2 aromatic rings. The average molecular weight is 278 g/mol. The lowest BCUT2D eigenvalue weighted by atomic mass is 10.2. The molecule has 0 fully saturated rings. The lowest BCUT2D eigenvalue weighted by Crippen LogP contribution is -2.23. The van der Waals surface area contributed by atoms with Gasteiger partial charge in [0, 0.05) is 18.0 Å². The van der Waals surface area contributed by atoms with Crippen LogP contribution in [-0.4, -0.2) is 32.9 Å². The molecule has 0 aliphatic heterocycles. The molecule has 0 bridgehead atoms. The van der Waals surface area contributed by atoms with Crippen molar-refractivity contribution < 1.29 is 0 Å². The molecule has 1 N–H and O–H groups in total. The molecule has 0 radical (unpaired) electrons. The molecular formula is C14H22N4S. The van der Waals surface area contributed by atoms with Gasteiger partial charge in [0.05, 0.1) is 0 Å². The summed E-state index contributed by atoms with van der Waals surface area (Å²) in [6.45, 7) is 6.58. The van der Waals surface area contributed by atoms with E-state index in [-0.39, 0.29) is 0 Å². The Morgan fingerprint density at radius 2 is 2.21 bits per heavy atom. The molecule has 0 aromatic carbocycles. The van der Waals surface area contributed by atoms with E-state index in [9.17, 15) is 0 Å². The molecule has 0 aliphatic carbocycles. The van der Waals surface area contributed by atoms with Gasteiger partial charge in [-0.05, 0) is 25.1 Å². The predicted octanol–water partition coefficient (Wildman–Crippen LogP) is 2.99. The van der Waals surface area contributed by atoms with Crippen LogP contribution in [0.1, 0.15) is 33.1 Å². The lowest BCUT2D eigenvalue weighted by Gasteiger charge is -2.10. The van der Waals surface area contributed by atoms with Crippen LogP contribution in [0.25, 0.3) is 5.65 Å². The maximum atomic E-state index is 4.24. The fourth-order valence-electron chi connectivity index (χ4n) is 1.93. The van der Waals surface area contributed by atoms with Crippen LogP contribution in [0.5, 0.6) is 0 Å². The van der Waals surface area contributed by atoms with Gasteiger partial charge in [0.25, 0.3) is 0 Å². The number of unbranched alkanes of at least 4 members (excludes halogenated alkanes) is 2. The summed E-state index contributed by atoms with van der Waals surface area (Å²) in [6.07, 6.45) is 5.86. The molecule has 0 saturated heterocycles. The summed E-state index contributed by atoms with van der Waals surface area (Å²) in [5.74, 6) is 0. The third-order valence-electron chi connectivity index (χ3n) is 2.98. The van der Waals surface area contributed by atoms with Crippen LogP contribution in [0.4, 0.5) is 0 Å². The smallest absolute Gasteiger partial charge is 0.195 e. The van der Waals surface area contributed by atoms with Crippen molar-refractivity contribution in [1.29, 1.82) is 0 Å². The molecule has 1 unspecified atom stereocenters. The molecule has 2 rings (SSSR count). The minimum Gasteiger partial charge on any atom is -0.316 e. The van der Waals surface area contributed by atoms with E-state index in [1.807, 2.05) is 28.8 Å². The number of pyridine rings is 1. The second-order valence-electron chi connectivity index (χ2n) is 4.75. The van der Waals surface area contributed by atoms with Gasteiger partial charge in [0.2, 0.25) is 0 Å². The fourth-order valence-corrected chi connectivity index (χ4v) is 2.84. The van der Waals surface area contributed by atoms with Crippen LogP contribution in [0, 0.1) is 0 Å². The van der Waals surface area contributed by atoms with E-state index in [2.05, 4.69) is 29.4 Å². The molecule has 104 valence electrons. The van der Waals surface area contributed by atoms with Gasteiger partial charge in [-0.25, -0.2) is 0 Å². The van der Waals surface area contributed by atoms with Crippen molar-refractivity contribution in [1.82, 2.24) is 19.9 Å². The fraction of sp³-hybridized carbons (Fsp3) is 0.571.